The second-order valence-electron chi connectivity index (χ2n) is 4.11. The van der Waals surface area contributed by atoms with E-state index in [1.807, 2.05) is 0 Å². The van der Waals surface area contributed by atoms with Gasteiger partial charge in [0.25, 0.3) is 10.1 Å². The highest BCUT2D eigenvalue weighted by atomic mass is 32.2. The topological polar surface area (TPSA) is 153 Å². The molecule has 0 aromatic heterocycles. The Kier molecular flexibility index (Phi) is 5.48. The Hall–Kier alpha value is -1.20. The van der Waals surface area contributed by atoms with Gasteiger partial charge in [-0.05, 0) is 30.7 Å². The van der Waals surface area contributed by atoms with Gasteiger partial charge in [0.2, 0.25) is 0 Å². The third kappa shape index (κ3) is 4.72. The van der Waals surface area contributed by atoms with E-state index in [0.717, 1.165) is 0 Å². The van der Waals surface area contributed by atoms with Gasteiger partial charge in [-0.25, -0.2) is 8.42 Å². The van der Waals surface area contributed by atoms with Gasteiger partial charge in [-0.2, -0.15) is 8.42 Å². The number of hydrogen-bond donors (Lipinski definition) is 4. The summed E-state index contributed by atoms with van der Waals surface area (Å²) in [6.45, 7) is 0.246. The maximum atomic E-state index is 12.2. The molecule has 0 heterocycles. The van der Waals surface area contributed by atoms with Gasteiger partial charge in [0, 0.05) is 5.69 Å². The van der Waals surface area contributed by atoms with Gasteiger partial charge >= 0.3 is 0 Å². The number of rotatable bonds is 7. The molecule has 0 bridgehead atoms. The molecule has 8 nitrogen and oxygen atoms in total. The first-order valence-electron chi connectivity index (χ1n) is 5.67. The fraction of sp³-hybridized carbons (Fsp3) is 0.400. The molecule has 1 aromatic rings. The summed E-state index contributed by atoms with van der Waals surface area (Å²) in [4.78, 5) is -0.0398. The third-order valence-electron chi connectivity index (χ3n) is 2.59. The fourth-order valence-electron chi connectivity index (χ4n) is 1.62. The standard InChI is InChI=1S/C10H17N3O5S2/c11-4-3-8-1-2-9(13-12)7-10(8)19(14,15)5-6-20(16,17)18/h1-2,7,13H,3-6,11-12H2,(H,16,17,18). The van der Waals surface area contributed by atoms with Crippen molar-refractivity contribution in [1.29, 1.82) is 0 Å². The summed E-state index contributed by atoms with van der Waals surface area (Å²) in [7, 11) is -8.22. The number of nitrogens with one attached hydrogen (secondary N) is 1. The van der Waals surface area contributed by atoms with Crippen LogP contribution in [0, 0.1) is 0 Å². The molecular weight excluding hydrogens is 306 g/mol. The summed E-state index contributed by atoms with van der Waals surface area (Å²) in [5.74, 6) is 3.65. The highest BCUT2D eigenvalue weighted by molar-refractivity contribution is 7.93. The van der Waals surface area contributed by atoms with Crippen LogP contribution in [-0.2, 0) is 26.4 Å². The predicted octanol–water partition coefficient (Wildman–Crippen LogP) is -0.865. The van der Waals surface area contributed by atoms with Gasteiger partial charge in [-0.3, -0.25) is 10.4 Å². The van der Waals surface area contributed by atoms with Gasteiger partial charge in [0.1, 0.15) is 0 Å². The minimum Gasteiger partial charge on any atom is -0.330 e. The van der Waals surface area contributed by atoms with Crippen LogP contribution in [0.15, 0.2) is 23.1 Å². The molecule has 0 saturated carbocycles. The first-order chi connectivity index (χ1) is 9.19. The molecule has 0 radical (unpaired) electrons. The summed E-state index contributed by atoms with van der Waals surface area (Å²) in [5.41, 5.74) is 8.58. The van der Waals surface area contributed by atoms with Crippen LogP contribution in [0.4, 0.5) is 5.69 Å². The normalized spacial score (nSPS) is 12.3. The Morgan fingerprint density at radius 3 is 2.30 bits per heavy atom. The van der Waals surface area contributed by atoms with Crippen LogP contribution in [0.3, 0.4) is 0 Å². The molecule has 0 atom stereocenters. The monoisotopic (exact) mass is 323 g/mol. The lowest BCUT2D eigenvalue weighted by Gasteiger charge is -2.11. The van der Waals surface area contributed by atoms with E-state index in [1.165, 1.54) is 6.07 Å². The quantitative estimate of drug-likeness (QED) is 0.287. The van der Waals surface area contributed by atoms with Crippen molar-refractivity contribution < 1.29 is 21.4 Å². The number of nitrogens with two attached hydrogens (primary N) is 2. The molecule has 0 spiro atoms. The van der Waals surface area contributed by atoms with Crippen molar-refractivity contribution in [2.45, 2.75) is 11.3 Å². The van der Waals surface area contributed by atoms with Gasteiger partial charge in [-0.15, -0.1) is 0 Å². The van der Waals surface area contributed by atoms with E-state index in [-0.39, 0.29) is 11.4 Å². The Morgan fingerprint density at radius 2 is 1.80 bits per heavy atom. The van der Waals surface area contributed by atoms with Gasteiger partial charge in [0.05, 0.1) is 16.4 Å². The van der Waals surface area contributed by atoms with E-state index in [2.05, 4.69) is 5.43 Å². The molecule has 0 aliphatic carbocycles. The molecule has 20 heavy (non-hydrogen) atoms. The van der Waals surface area contributed by atoms with E-state index in [9.17, 15) is 16.8 Å². The van der Waals surface area contributed by atoms with Crippen molar-refractivity contribution in [3.8, 4) is 0 Å². The predicted molar refractivity (Wildman–Crippen MR) is 75.5 cm³/mol. The van der Waals surface area contributed by atoms with Crippen molar-refractivity contribution in [2.75, 3.05) is 23.5 Å². The van der Waals surface area contributed by atoms with E-state index in [0.29, 0.717) is 17.7 Å². The summed E-state index contributed by atoms with van der Waals surface area (Å²) in [6.07, 6.45) is 0.325. The largest absolute Gasteiger partial charge is 0.330 e. The lowest BCUT2D eigenvalue weighted by atomic mass is 10.1. The lowest BCUT2D eigenvalue weighted by molar-refractivity contribution is 0.484. The number of anilines is 1. The van der Waals surface area contributed by atoms with Gasteiger partial charge in [-0.1, -0.05) is 6.07 Å². The zero-order chi connectivity index (χ0) is 15.4. The highest BCUT2D eigenvalue weighted by Crippen LogP contribution is 2.22. The molecule has 0 saturated heterocycles. The SMILES string of the molecule is NCCc1ccc(NN)cc1S(=O)(=O)CCS(=O)(=O)O. The molecule has 0 fully saturated rings. The van der Waals surface area contributed by atoms with Gasteiger partial charge in [0.15, 0.2) is 9.84 Å². The van der Waals surface area contributed by atoms with Crippen molar-refractivity contribution in [3.05, 3.63) is 23.8 Å². The van der Waals surface area contributed by atoms with E-state index < -0.39 is 31.5 Å². The number of hydrogen-bond acceptors (Lipinski definition) is 7. The first kappa shape index (κ1) is 16.9. The Morgan fingerprint density at radius 1 is 1.15 bits per heavy atom. The summed E-state index contributed by atoms with van der Waals surface area (Å²) < 4.78 is 54.3. The average Bonchev–Trinajstić information content (AvgIpc) is 2.36. The molecule has 0 aliphatic heterocycles. The molecule has 6 N–H and O–H groups in total. The molecular formula is C10H17N3O5S2. The van der Waals surface area contributed by atoms with Crippen molar-refractivity contribution >= 4 is 25.6 Å². The number of nitrogen functional groups attached to an aromatic ring is 1. The zero-order valence-electron chi connectivity index (χ0n) is 10.6. The molecule has 10 heteroatoms. The molecule has 0 unspecified atom stereocenters. The number of benzene rings is 1. The Labute approximate surface area is 117 Å². The Balaban J connectivity index is 3.20. The summed E-state index contributed by atoms with van der Waals surface area (Å²) in [5, 5.41) is 0. The smallest absolute Gasteiger partial charge is 0.265 e. The van der Waals surface area contributed by atoms with Crippen LogP contribution in [0.5, 0.6) is 0 Å². The first-order valence-corrected chi connectivity index (χ1v) is 8.93. The van der Waals surface area contributed by atoms with Gasteiger partial charge < -0.3 is 11.2 Å². The van der Waals surface area contributed by atoms with E-state index in [1.54, 1.807) is 12.1 Å². The average molecular weight is 323 g/mol. The van der Waals surface area contributed by atoms with Crippen molar-refractivity contribution in [3.63, 3.8) is 0 Å². The third-order valence-corrected chi connectivity index (χ3v) is 5.36. The van der Waals surface area contributed by atoms with Crippen molar-refractivity contribution in [2.24, 2.45) is 11.6 Å². The molecule has 1 aromatic carbocycles. The minimum absolute atomic E-state index is 0.0398. The Bertz CT molecular complexity index is 670. The van der Waals surface area contributed by atoms with E-state index in [4.69, 9.17) is 16.1 Å². The highest BCUT2D eigenvalue weighted by Gasteiger charge is 2.21. The second kappa shape index (κ2) is 6.50. The zero-order valence-corrected chi connectivity index (χ0v) is 12.2. The van der Waals surface area contributed by atoms with Crippen LogP contribution in [0.1, 0.15) is 5.56 Å². The number of hydrazine groups is 1. The lowest BCUT2D eigenvalue weighted by Crippen LogP contribution is -2.19. The van der Waals surface area contributed by atoms with Crippen LogP contribution >= 0.6 is 0 Å². The molecule has 0 amide bonds. The molecule has 0 aliphatic rings. The van der Waals surface area contributed by atoms with Crippen LogP contribution < -0.4 is 17.0 Å². The summed E-state index contributed by atoms with van der Waals surface area (Å²) in [6, 6.07) is 4.46. The fourth-order valence-corrected chi connectivity index (χ4v) is 4.44. The minimum atomic E-state index is -4.35. The van der Waals surface area contributed by atoms with Crippen LogP contribution in [0.25, 0.3) is 0 Å². The second-order valence-corrected chi connectivity index (χ2v) is 7.76. The van der Waals surface area contributed by atoms with Crippen molar-refractivity contribution in [1.82, 2.24) is 0 Å². The maximum Gasteiger partial charge on any atom is 0.265 e. The molecule has 114 valence electrons. The number of sulfone groups is 1. The van der Waals surface area contributed by atoms with Crippen LogP contribution in [-0.4, -0.2) is 39.4 Å². The molecule has 1 rings (SSSR count). The summed E-state index contributed by atoms with van der Waals surface area (Å²) >= 11 is 0. The van der Waals surface area contributed by atoms with E-state index >= 15 is 0 Å². The maximum absolute atomic E-state index is 12.2. The van der Waals surface area contributed by atoms with Crippen LogP contribution in [0.2, 0.25) is 0 Å².